The third-order valence-corrected chi connectivity index (χ3v) is 4.25. The third-order valence-electron chi connectivity index (χ3n) is 4.25. The van der Waals surface area contributed by atoms with E-state index in [0.29, 0.717) is 0 Å². The topological polar surface area (TPSA) is 32.3 Å². The van der Waals surface area contributed by atoms with Gasteiger partial charge in [-0.25, -0.2) is 0 Å². The molecule has 1 aliphatic heterocycles. The van der Waals surface area contributed by atoms with Gasteiger partial charge in [0.25, 0.3) is 0 Å². The number of piperidine rings is 1. The molecule has 3 nitrogen and oxygen atoms in total. The van der Waals surface area contributed by atoms with E-state index in [2.05, 4.69) is 56.2 Å². The second-order valence-corrected chi connectivity index (χ2v) is 6.19. The molecule has 1 aliphatic rings. The van der Waals surface area contributed by atoms with Gasteiger partial charge in [-0.2, -0.15) is 0 Å². The van der Waals surface area contributed by atoms with Crippen molar-refractivity contribution in [2.45, 2.75) is 39.7 Å². The molecule has 0 unspecified atom stereocenters. The van der Waals surface area contributed by atoms with E-state index in [1.165, 1.54) is 16.7 Å². The summed E-state index contributed by atoms with van der Waals surface area (Å²) >= 11 is 0. The highest BCUT2D eigenvalue weighted by molar-refractivity contribution is 5.79. The molecule has 1 amide bonds. The number of nitrogens with one attached hydrogen (secondary N) is 1. The predicted octanol–water partition coefficient (Wildman–Crippen LogP) is 2.82. The quantitative estimate of drug-likeness (QED) is 0.919. The zero-order valence-corrected chi connectivity index (χ0v) is 13.1. The van der Waals surface area contributed by atoms with Crippen LogP contribution in [0.25, 0.3) is 0 Å². The molecule has 2 rings (SSSR count). The maximum atomic E-state index is 12.4. The van der Waals surface area contributed by atoms with Gasteiger partial charge in [0.15, 0.2) is 0 Å². The van der Waals surface area contributed by atoms with Crippen LogP contribution in [-0.4, -0.2) is 30.9 Å². The standard InChI is InChI=1S/C17H26N2O/c1-12-7-8-16(13(2)10-12)14(3)18-17(20)15-6-5-9-19(4)11-15/h7-8,10,14-15H,5-6,9,11H2,1-4H3,(H,18,20)/t14-,15-/m1/s1. The lowest BCUT2D eigenvalue weighted by Crippen LogP contribution is -2.42. The van der Waals surface area contributed by atoms with Gasteiger partial charge in [0.2, 0.25) is 5.91 Å². The highest BCUT2D eigenvalue weighted by Gasteiger charge is 2.25. The fourth-order valence-corrected chi connectivity index (χ4v) is 3.10. The van der Waals surface area contributed by atoms with Crippen LogP contribution < -0.4 is 5.32 Å². The largest absolute Gasteiger partial charge is 0.349 e. The smallest absolute Gasteiger partial charge is 0.224 e. The number of nitrogens with zero attached hydrogens (tertiary/aromatic N) is 1. The molecule has 3 heteroatoms. The van der Waals surface area contributed by atoms with Crippen molar-refractivity contribution >= 4 is 5.91 Å². The van der Waals surface area contributed by atoms with Gasteiger partial charge >= 0.3 is 0 Å². The molecule has 0 bridgehead atoms. The highest BCUT2D eigenvalue weighted by Crippen LogP contribution is 2.21. The van der Waals surface area contributed by atoms with Crippen LogP contribution in [0.1, 0.15) is 42.5 Å². The van der Waals surface area contributed by atoms with E-state index in [1.54, 1.807) is 0 Å². The van der Waals surface area contributed by atoms with Crippen LogP contribution in [0.4, 0.5) is 0 Å². The van der Waals surface area contributed by atoms with Crippen molar-refractivity contribution in [3.8, 4) is 0 Å². The summed E-state index contributed by atoms with van der Waals surface area (Å²) in [5.41, 5.74) is 3.73. The number of amides is 1. The Kier molecular flexibility index (Phi) is 4.81. The summed E-state index contributed by atoms with van der Waals surface area (Å²) in [5, 5.41) is 3.18. The number of aryl methyl sites for hydroxylation is 2. The lowest BCUT2D eigenvalue weighted by molar-refractivity contribution is -0.127. The summed E-state index contributed by atoms with van der Waals surface area (Å²) in [6.07, 6.45) is 2.13. The first kappa shape index (κ1) is 15.0. The Balaban J connectivity index is 1.99. The number of benzene rings is 1. The second kappa shape index (κ2) is 6.40. The average molecular weight is 274 g/mol. The van der Waals surface area contributed by atoms with E-state index >= 15 is 0 Å². The van der Waals surface area contributed by atoms with Gasteiger partial charge in [-0.3, -0.25) is 4.79 Å². The number of likely N-dealkylation sites (tertiary alicyclic amines) is 1. The lowest BCUT2D eigenvalue weighted by Gasteiger charge is -2.30. The van der Waals surface area contributed by atoms with Crippen LogP contribution in [0.15, 0.2) is 18.2 Å². The van der Waals surface area contributed by atoms with Crippen LogP contribution in [0, 0.1) is 19.8 Å². The van der Waals surface area contributed by atoms with Crippen LogP contribution in [-0.2, 0) is 4.79 Å². The van der Waals surface area contributed by atoms with Crippen molar-refractivity contribution in [1.82, 2.24) is 10.2 Å². The van der Waals surface area contributed by atoms with Crippen LogP contribution >= 0.6 is 0 Å². The zero-order chi connectivity index (χ0) is 14.7. The molecule has 110 valence electrons. The molecule has 0 aliphatic carbocycles. The van der Waals surface area contributed by atoms with Crippen molar-refractivity contribution in [1.29, 1.82) is 0 Å². The van der Waals surface area contributed by atoms with Crippen LogP contribution in [0.5, 0.6) is 0 Å². The van der Waals surface area contributed by atoms with Gasteiger partial charge in [-0.05, 0) is 58.3 Å². The minimum absolute atomic E-state index is 0.0790. The van der Waals surface area contributed by atoms with Gasteiger partial charge in [-0.15, -0.1) is 0 Å². The summed E-state index contributed by atoms with van der Waals surface area (Å²) in [5.74, 6) is 0.339. The van der Waals surface area contributed by atoms with Gasteiger partial charge in [-0.1, -0.05) is 23.8 Å². The first-order valence-electron chi connectivity index (χ1n) is 7.53. The summed E-state index contributed by atoms with van der Waals surface area (Å²) in [6.45, 7) is 8.27. The first-order valence-corrected chi connectivity index (χ1v) is 7.53. The Bertz CT molecular complexity index is 484. The van der Waals surface area contributed by atoms with Gasteiger partial charge in [0.05, 0.1) is 12.0 Å². The Morgan fingerprint density at radius 3 is 2.80 bits per heavy atom. The van der Waals surface area contributed by atoms with Crippen molar-refractivity contribution in [3.05, 3.63) is 34.9 Å². The molecule has 1 fully saturated rings. The molecule has 0 saturated carbocycles. The van der Waals surface area contributed by atoms with E-state index in [1.807, 2.05) is 0 Å². The van der Waals surface area contributed by atoms with Gasteiger partial charge in [0, 0.05) is 6.54 Å². The number of carbonyl (C=O) groups excluding carboxylic acids is 1. The molecular weight excluding hydrogens is 248 g/mol. The fourth-order valence-electron chi connectivity index (χ4n) is 3.10. The molecule has 1 aromatic rings. The number of hydrogen-bond acceptors (Lipinski definition) is 2. The van der Waals surface area contributed by atoms with E-state index in [0.717, 1.165) is 25.9 Å². The summed E-state index contributed by atoms with van der Waals surface area (Å²) in [7, 11) is 2.09. The lowest BCUT2D eigenvalue weighted by atomic mass is 9.96. The Labute approximate surface area is 122 Å². The minimum atomic E-state index is 0.0790. The van der Waals surface area contributed by atoms with E-state index in [4.69, 9.17) is 0 Å². The van der Waals surface area contributed by atoms with Crippen molar-refractivity contribution < 1.29 is 4.79 Å². The van der Waals surface area contributed by atoms with Crippen molar-refractivity contribution in [2.75, 3.05) is 20.1 Å². The Morgan fingerprint density at radius 1 is 1.40 bits per heavy atom. The average Bonchev–Trinajstić information content (AvgIpc) is 2.38. The molecule has 2 atom stereocenters. The molecule has 1 N–H and O–H groups in total. The Morgan fingerprint density at radius 2 is 2.15 bits per heavy atom. The van der Waals surface area contributed by atoms with Gasteiger partial charge < -0.3 is 10.2 Å². The molecule has 0 radical (unpaired) electrons. The van der Waals surface area contributed by atoms with E-state index < -0.39 is 0 Å². The molecule has 1 saturated heterocycles. The second-order valence-electron chi connectivity index (χ2n) is 6.19. The first-order chi connectivity index (χ1) is 9.47. The minimum Gasteiger partial charge on any atom is -0.349 e. The normalized spacial score (nSPS) is 21.5. The molecular formula is C17H26N2O. The maximum absolute atomic E-state index is 12.4. The summed E-state index contributed by atoms with van der Waals surface area (Å²) in [4.78, 5) is 14.6. The van der Waals surface area contributed by atoms with Crippen molar-refractivity contribution in [2.24, 2.45) is 5.92 Å². The number of hydrogen-bond donors (Lipinski definition) is 1. The monoisotopic (exact) mass is 274 g/mol. The molecule has 0 aromatic heterocycles. The number of carbonyl (C=O) groups is 1. The van der Waals surface area contributed by atoms with E-state index in [9.17, 15) is 4.79 Å². The summed E-state index contributed by atoms with van der Waals surface area (Å²) in [6, 6.07) is 6.49. The fraction of sp³-hybridized carbons (Fsp3) is 0.588. The highest BCUT2D eigenvalue weighted by atomic mass is 16.2. The van der Waals surface area contributed by atoms with Crippen LogP contribution in [0.3, 0.4) is 0 Å². The summed E-state index contributed by atoms with van der Waals surface area (Å²) < 4.78 is 0. The maximum Gasteiger partial charge on any atom is 0.224 e. The van der Waals surface area contributed by atoms with Crippen LogP contribution in [0.2, 0.25) is 0 Å². The molecule has 1 heterocycles. The molecule has 20 heavy (non-hydrogen) atoms. The third kappa shape index (κ3) is 3.60. The predicted molar refractivity (Wildman–Crippen MR) is 82.7 cm³/mol. The molecule has 1 aromatic carbocycles. The number of rotatable bonds is 3. The SMILES string of the molecule is Cc1ccc([C@@H](C)NC(=O)[C@@H]2CCCN(C)C2)c(C)c1. The zero-order valence-electron chi connectivity index (χ0n) is 13.1. The van der Waals surface area contributed by atoms with E-state index in [-0.39, 0.29) is 17.9 Å². The molecule has 0 spiro atoms. The van der Waals surface area contributed by atoms with Gasteiger partial charge in [0.1, 0.15) is 0 Å². The van der Waals surface area contributed by atoms with Crippen molar-refractivity contribution in [3.63, 3.8) is 0 Å². The Hall–Kier alpha value is -1.35.